The number of rotatable bonds is 3. The van der Waals surface area contributed by atoms with Crippen LogP contribution in [-0.2, 0) is 11.3 Å². The zero-order chi connectivity index (χ0) is 23.8. The Morgan fingerprint density at radius 1 is 1.03 bits per heavy atom. The third-order valence-corrected chi connectivity index (χ3v) is 7.58. The van der Waals surface area contributed by atoms with Crippen molar-refractivity contribution in [3.8, 4) is 6.07 Å². The molecule has 176 valence electrons. The third kappa shape index (κ3) is 4.24. The minimum atomic E-state index is -0.360. The van der Waals surface area contributed by atoms with Gasteiger partial charge in [-0.3, -0.25) is 19.3 Å². The summed E-state index contributed by atoms with van der Waals surface area (Å²) in [5.41, 5.74) is 2.06. The minimum Gasteiger partial charge on any atom is -0.343 e. The van der Waals surface area contributed by atoms with Crippen molar-refractivity contribution in [1.82, 2.24) is 14.4 Å². The Labute approximate surface area is 198 Å². The lowest BCUT2D eigenvalue weighted by atomic mass is 9.82. The van der Waals surface area contributed by atoms with Crippen molar-refractivity contribution in [3.63, 3.8) is 0 Å². The monoisotopic (exact) mass is 459 g/mol. The summed E-state index contributed by atoms with van der Waals surface area (Å²) >= 11 is 0. The van der Waals surface area contributed by atoms with E-state index in [-0.39, 0.29) is 23.1 Å². The number of amides is 2. The predicted molar refractivity (Wildman–Crippen MR) is 128 cm³/mol. The Balaban J connectivity index is 1.30. The van der Waals surface area contributed by atoms with Crippen LogP contribution in [0.2, 0.25) is 0 Å². The molecule has 0 unspecified atom stereocenters. The number of hydrogen-bond acceptors (Lipinski definition) is 5. The van der Waals surface area contributed by atoms with Crippen molar-refractivity contribution >= 4 is 17.5 Å². The number of carbonyl (C=O) groups is 2. The number of nitrogens with zero attached hydrogens (tertiary/aromatic N) is 4. The smallest absolute Gasteiger partial charge is 0.274 e. The molecule has 1 N–H and O–H groups in total. The SMILES string of the molecule is CC(=O)N1CCC(N2C[C@@H]3C[C@H](C2)c2ccc(NC(=O)c4ccc(C#N)cc4)c(=O)n2C3)CC1. The van der Waals surface area contributed by atoms with Crippen LogP contribution in [0.4, 0.5) is 5.69 Å². The number of fused-ring (bicyclic) bond motifs is 4. The van der Waals surface area contributed by atoms with Gasteiger partial charge in [0.05, 0.1) is 11.6 Å². The van der Waals surface area contributed by atoms with Crippen molar-refractivity contribution in [2.45, 2.75) is 44.7 Å². The van der Waals surface area contributed by atoms with E-state index in [2.05, 4.69) is 10.2 Å². The van der Waals surface area contributed by atoms with E-state index in [9.17, 15) is 14.4 Å². The zero-order valence-corrected chi connectivity index (χ0v) is 19.4. The van der Waals surface area contributed by atoms with E-state index in [1.54, 1.807) is 37.3 Å². The quantitative estimate of drug-likeness (QED) is 0.760. The first-order chi connectivity index (χ1) is 16.4. The number of nitriles is 1. The van der Waals surface area contributed by atoms with Crippen molar-refractivity contribution in [2.24, 2.45) is 5.92 Å². The van der Waals surface area contributed by atoms with Gasteiger partial charge in [-0.05, 0) is 61.6 Å². The van der Waals surface area contributed by atoms with Gasteiger partial charge in [0.15, 0.2) is 0 Å². The van der Waals surface area contributed by atoms with Crippen LogP contribution in [0.3, 0.4) is 0 Å². The second kappa shape index (κ2) is 9.07. The largest absolute Gasteiger partial charge is 0.343 e. The third-order valence-electron chi connectivity index (χ3n) is 7.58. The molecule has 0 spiro atoms. The minimum absolute atomic E-state index is 0.155. The summed E-state index contributed by atoms with van der Waals surface area (Å²) < 4.78 is 1.85. The topological polar surface area (TPSA) is 98.4 Å². The van der Waals surface area contributed by atoms with Crippen LogP contribution in [-0.4, -0.2) is 58.4 Å². The van der Waals surface area contributed by atoms with Crippen molar-refractivity contribution in [3.05, 3.63) is 63.6 Å². The maximum absolute atomic E-state index is 13.2. The average Bonchev–Trinajstić information content (AvgIpc) is 2.86. The summed E-state index contributed by atoms with van der Waals surface area (Å²) in [6.07, 6.45) is 3.09. The standard InChI is InChI=1S/C26H29N5O3/c1-17(32)29-10-8-22(9-11-29)30-14-19-12-21(16-30)24-7-6-23(26(34)31(24)15-19)28-25(33)20-4-2-18(13-27)3-5-20/h2-7,19,21-22H,8-12,14-16H2,1H3,(H,28,33)/t19-,21+/m0/s1. The van der Waals surface area contributed by atoms with Gasteiger partial charge in [-0.15, -0.1) is 0 Å². The first-order valence-corrected chi connectivity index (χ1v) is 12.0. The maximum atomic E-state index is 13.2. The molecule has 4 heterocycles. The van der Waals surface area contributed by atoms with Gasteiger partial charge in [0.2, 0.25) is 5.91 Å². The fourth-order valence-electron chi connectivity index (χ4n) is 5.81. The summed E-state index contributed by atoms with van der Waals surface area (Å²) in [6.45, 7) is 5.84. The molecule has 2 amide bonds. The second-order valence-corrected chi connectivity index (χ2v) is 9.72. The highest BCUT2D eigenvalue weighted by atomic mass is 16.2. The maximum Gasteiger partial charge on any atom is 0.274 e. The Morgan fingerprint density at radius 3 is 2.44 bits per heavy atom. The number of likely N-dealkylation sites (tertiary alicyclic amines) is 2. The van der Waals surface area contributed by atoms with Crippen LogP contribution in [0.5, 0.6) is 0 Å². The highest BCUT2D eigenvalue weighted by Crippen LogP contribution is 2.37. The van der Waals surface area contributed by atoms with Gasteiger partial charge in [0.25, 0.3) is 11.5 Å². The summed E-state index contributed by atoms with van der Waals surface area (Å²) in [4.78, 5) is 42.1. The number of carbonyl (C=O) groups excluding carboxylic acids is 2. The number of piperidine rings is 2. The second-order valence-electron chi connectivity index (χ2n) is 9.72. The molecule has 2 fully saturated rings. The predicted octanol–water partition coefficient (Wildman–Crippen LogP) is 2.40. The summed E-state index contributed by atoms with van der Waals surface area (Å²) in [5, 5.41) is 11.7. The average molecular weight is 460 g/mol. The number of hydrogen-bond donors (Lipinski definition) is 1. The van der Waals surface area contributed by atoms with Crippen molar-refractivity contribution in [2.75, 3.05) is 31.5 Å². The Kier molecular flexibility index (Phi) is 5.96. The molecule has 3 aliphatic rings. The molecule has 5 rings (SSSR count). The molecule has 2 atom stereocenters. The molecule has 8 nitrogen and oxygen atoms in total. The molecular formula is C26H29N5O3. The van der Waals surface area contributed by atoms with Crippen molar-refractivity contribution in [1.29, 1.82) is 5.26 Å². The van der Waals surface area contributed by atoms with E-state index in [4.69, 9.17) is 5.26 Å². The van der Waals surface area contributed by atoms with E-state index in [1.807, 2.05) is 21.6 Å². The van der Waals surface area contributed by atoms with E-state index in [1.165, 1.54) is 0 Å². The normalized spacial score (nSPS) is 22.5. The summed E-state index contributed by atoms with van der Waals surface area (Å²) in [6, 6.07) is 12.6. The fourth-order valence-corrected chi connectivity index (χ4v) is 5.81. The zero-order valence-electron chi connectivity index (χ0n) is 19.4. The van der Waals surface area contributed by atoms with E-state index in [0.717, 1.165) is 51.1 Å². The van der Waals surface area contributed by atoms with Gasteiger partial charge >= 0.3 is 0 Å². The van der Waals surface area contributed by atoms with Gasteiger partial charge in [-0.2, -0.15) is 5.26 Å². The van der Waals surface area contributed by atoms with Gasteiger partial charge in [0, 0.05) is 62.9 Å². The van der Waals surface area contributed by atoms with Crippen LogP contribution in [0, 0.1) is 17.2 Å². The van der Waals surface area contributed by atoms with Crippen LogP contribution in [0.1, 0.15) is 53.7 Å². The number of aromatic nitrogens is 1. The van der Waals surface area contributed by atoms with Crippen LogP contribution >= 0.6 is 0 Å². The first-order valence-electron chi connectivity index (χ1n) is 12.0. The lowest BCUT2D eigenvalue weighted by Crippen LogP contribution is -2.53. The Hall–Kier alpha value is -3.44. The van der Waals surface area contributed by atoms with Crippen LogP contribution in [0.25, 0.3) is 0 Å². The van der Waals surface area contributed by atoms with Gasteiger partial charge in [0.1, 0.15) is 5.69 Å². The molecule has 2 aromatic rings. The first kappa shape index (κ1) is 22.4. The molecule has 8 heteroatoms. The van der Waals surface area contributed by atoms with Crippen molar-refractivity contribution < 1.29 is 9.59 Å². The Bertz CT molecular complexity index is 1200. The number of nitrogens with one attached hydrogen (secondary N) is 1. The molecule has 34 heavy (non-hydrogen) atoms. The number of benzene rings is 1. The molecular weight excluding hydrogens is 430 g/mol. The van der Waals surface area contributed by atoms with Crippen LogP contribution in [0.15, 0.2) is 41.2 Å². The molecule has 2 saturated heterocycles. The van der Waals surface area contributed by atoms with E-state index >= 15 is 0 Å². The van der Waals surface area contributed by atoms with E-state index < -0.39 is 0 Å². The highest BCUT2D eigenvalue weighted by molar-refractivity contribution is 6.04. The van der Waals surface area contributed by atoms with Gasteiger partial charge < -0.3 is 14.8 Å². The summed E-state index contributed by atoms with van der Waals surface area (Å²) in [7, 11) is 0. The summed E-state index contributed by atoms with van der Waals surface area (Å²) in [5.74, 6) is 0.499. The van der Waals surface area contributed by atoms with Crippen LogP contribution < -0.4 is 10.9 Å². The number of pyridine rings is 1. The Morgan fingerprint density at radius 2 is 1.76 bits per heavy atom. The molecule has 0 aliphatic carbocycles. The molecule has 3 aliphatic heterocycles. The molecule has 2 bridgehead atoms. The number of anilines is 1. The lowest BCUT2D eigenvalue weighted by molar-refractivity contribution is -0.130. The molecule has 0 saturated carbocycles. The molecule has 1 aromatic carbocycles. The van der Waals surface area contributed by atoms with E-state index in [0.29, 0.717) is 35.5 Å². The lowest BCUT2D eigenvalue weighted by Gasteiger charge is -2.47. The molecule has 0 radical (unpaired) electrons. The highest BCUT2D eigenvalue weighted by Gasteiger charge is 2.38. The molecule has 1 aromatic heterocycles. The fraction of sp³-hybridized carbons (Fsp3) is 0.462. The van der Waals surface area contributed by atoms with Gasteiger partial charge in [-0.1, -0.05) is 0 Å². The van der Waals surface area contributed by atoms with Gasteiger partial charge in [-0.25, -0.2) is 0 Å².